The molecular weight excluding hydrogens is 559 g/mol. The van der Waals surface area contributed by atoms with Crippen molar-refractivity contribution >= 4 is 50.6 Å². The van der Waals surface area contributed by atoms with Crippen LogP contribution in [0.3, 0.4) is 0 Å². The Morgan fingerprint density at radius 2 is 1.87 bits per heavy atom. The summed E-state index contributed by atoms with van der Waals surface area (Å²) in [5.41, 5.74) is 6.15. The van der Waals surface area contributed by atoms with Gasteiger partial charge in [0.1, 0.15) is 18.1 Å². The van der Waals surface area contributed by atoms with Gasteiger partial charge in [-0.2, -0.15) is 5.10 Å². The van der Waals surface area contributed by atoms with Crippen LogP contribution >= 0.6 is 38.5 Å². The van der Waals surface area contributed by atoms with E-state index in [1.165, 1.54) is 5.56 Å². The molecule has 0 bridgehead atoms. The van der Waals surface area contributed by atoms with E-state index in [4.69, 9.17) is 9.47 Å². The minimum absolute atomic E-state index is 0.307. The van der Waals surface area contributed by atoms with Crippen LogP contribution in [0.1, 0.15) is 27.0 Å². The van der Waals surface area contributed by atoms with Crippen LogP contribution in [-0.4, -0.2) is 19.2 Å². The number of rotatable bonds is 7. The highest BCUT2D eigenvalue weighted by Gasteiger charge is 2.08. The first-order chi connectivity index (χ1) is 14.5. The molecule has 1 N–H and O–H groups in total. The van der Waals surface area contributed by atoms with Crippen molar-refractivity contribution < 1.29 is 14.3 Å². The number of hydrogen-bond donors (Lipinski definition) is 1. The normalized spacial score (nSPS) is 10.8. The molecule has 0 fully saturated rings. The third-order valence-corrected chi connectivity index (χ3v) is 5.77. The van der Waals surface area contributed by atoms with Crippen molar-refractivity contribution in [1.29, 1.82) is 0 Å². The highest BCUT2D eigenvalue weighted by Crippen LogP contribution is 2.26. The predicted molar refractivity (Wildman–Crippen MR) is 130 cm³/mol. The molecule has 154 valence electrons. The van der Waals surface area contributed by atoms with E-state index in [9.17, 15) is 4.79 Å². The number of amides is 1. The van der Waals surface area contributed by atoms with Crippen LogP contribution < -0.4 is 14.9 Å². The summed E-state index contributed by atoms with van der Waals surface area (Å²) in [6.07, 6.45) is 1.58. The summed E-state index contributed by atoms with van der Waals surface area (Å²) in [4.78, 5) is 12.3. The molecule has 0 saturated heterocycles. The lowest BCUT2D eigenvalue weighted by Crippen LogP contribution is -2.17. The van der Waals surface area contributed by atoms with Crippen LogP contribution in [0, 0.1) is 10.5 Å². The Hall–Kier alpha value is -2.39. The molecule has 30 heavy (non-hydrogen) atoms. The van der Waals surface area contributed by atoms with E-state index in [-0.39, 0.29) is 5.91 Å². The predicted octanol–water partition coefficient (Wildman–Crippen LogP) is 5.71. The highest BCUT2D eigenvalue weighted by molar-refractivity contribution is 14.1. The Labute approximate surface area is 197 Å². The average Bonchev–Trinajstić information content (AvgIpc) is 2.74. The van der Waals surface area contributed by atoms with Crippen molar-refractivity contribution in [2.24, 2.45) is 5.10 Å². The number of halogens is 2. The lowest BCUT2D eigenvalue weighted by molar-refractivity contribution is 0.0954. The Bertz CT molecular complexity index is 1070. The van der Waals surface area contributed by atoms with Gasteiger partial charge in [0.05, 0.1) is 21.4 Å². The second-order valence-electron chi connectivity index (χ2n) is 6.51. The van der Waals surface area contributed by atoms with Crippen molar-refractivity contribution in [3.8, 4) is 11.5 Å². The van der Waals surface area contributed by atoms with Gasteiger partial charge < -0.3 is 9.47 Å². The Kier molecular flexibility index (Phi) is 7.87. The zero-order chi connectivity index (χ0) is 21.5. The average molecular weight is 579 g/mol. The van der Waals surface area contributed by atoms with Gasteiger partial charge in [-0.25, -0.2) is 5.43 Å². The van der Waals surface area contributed by atoms with Crippen LogP contribution in [0.4, 0.5) is 0 Å². The molecule has 0 aliphatic carbocycles. The standard InChI is InChI=1S/C23H20BrIN2O3/c1-15-3-5-16(6-4-15)14-30-21-10-7-17(11-19(21)24)13-26-27-23(28)18-8-9-20(25)22(12-18)29-2/h3-13H,14H2,1-2H3,(H,27,28)/b26-13-. The van der Waals surface area contributed by atoms with Gasteiger partial charge in [-0.3, -0.25) is 4.79 Å². The zero-order valence-electron chi connectivity index (χ0n) is 16.5. The first-order valence-corrected chi connectivity index (χ1v) is 11.0. The summed E-state index contributed by atoms with van der Waals surface area (Å²) >= 11 is 5.68. The van der Waals surface area contributed by atoms with Gasteiger partial charge in [-0.15, -0.1) is 0 Å². The zero-order valence-corrected chi connectivity index (χ0v) is 20.2. The Morgan fingerprint density at radius 1 is 1.10 bits per heavy atom. The van der Waals surface area contributed by atoms with E-state index < -0.39 is 0 Å². The van der Waals surface area contributed by atoms with Crippen molar-refractivity contribution in [2.45, 2.75) is 13.5 Å². The first kappa shape index (κ1) is 22.3. The molecule has 3 rings (SSSR count). The third-order valence-electron chi connectivity index (χ3n) is 4.26. The van der Waals surface area contributed by atoms with Crippen LogP contribution in [0.25, 0.3) is 0 Å². The van der Waals surface area contributed by atoms with E-state index in [1.807, 2.05) is 24.3 Å². The fraction of sp³-hybridized carbons (Fsp3) is 0.130. The number of nitrogens with zero attached hydrogens (tertiary/aromatic N) is 1. The molecule has 0 aliphatic heterocycles. The summed E-state index contributed by atoms with van der Waals surface area (Å²) in [6.45, 7) is 2.54. The van der Waals surface area contributed by atoms with Gasteiger partial charge in [-0.05, 0) is 93.0 Å². The second-order valence-corrected chi connectivity index (χ2v) is 8.53. The van der Waals surface area contributed by atoms with Crippen LogP contribution in [0.5, 0.6) is 11.5 Å². The molecule has 0 aliphatic rings. The lowest BCUT2D eigenvalue weighted by Gasteiger charge is -2.09. The summed E-state index contributed by atoms with van der Waals surface area (Å²) in [5, 5.41) is 4.04. The summed E-state index contributed by atoms with van der Waals surface area (Å²) in [7, 11) is 1.57. The molecule has 7 heteroatoms. The van der Waals surface area contributed by atoms with Crippen molar-refractivity contribution in [2.75, 3.05) is 7.11 Å². The van der Waals surface area contributed by atoms with Gasteiger partial charge in [0, 0.05) is 5.56 Å². The lowest BCUT2D eigenvalue weighted by atomic mass is 10.2. The quantitative estimate of drug-likeness (QED) is 0.222. The number of carbonyl (C=O) groups is 1. The molecule has 0 unspecified atom stereocenters. The number of aryl methyl sites for hydroxylation is 1. The summed E-state index contributed by atoms with van der Waals surface area (Å²) < 4.78 is 12.9. The molecule has 0 aromatic heterocycles. The molecule has 0 radical (unpaired) electrons. The van der Waals surface area contributed by atoms with Gasteiger partial charge in [0.2, 0.25) is 0 Å². The molecule has 3 aromatic rings. The molecule has 1 amide bonds. The monoisotopic (exact) mass is 578 g/mol. The van der Waals surface area contributed by atoms with E-state index in [0.717, 1.165) is 24.9 Å². The smallest absolute Gasteiger partial charge is 0.271 e. The highest BCUT2D eigenvalue weighted by atomic mass is 127. The maximum absolute atomic E-state index is 12.3. The number of nitrogens with one attached hydrogen (secondary N) is 1. The van der Waals surface area contributed by atoms with Gasteiger partial charge in [0.15, 0.2) is 0 Å². The number of methoxy groups -OCH3 is 1. The van der Waals surface area contributed by atoms with E-state index in [1.54, 1.807) is 25.5 Å². The maximum Gasteiger partial charge on any atom is 0.271 e. The number of hydrogen-bond acceptors (Lipinski definition) is 4. The summed E-state index contributed by atoms with van der Waals surface area (Å²) in [6, 6.07) is 19.1. The van der Waals surface area contributed by atoms with E-state index in [2.05, 4.69) is 80.2 Å². The van der Waals surface area contributed by atoms with Gasteiger partial charge in [-0.1, -0.05) is 29.8 Å². The fourth-order valence-electron chi connectivity index (χ4n) is 2.59. The molecule has 0 atom stereocenters. The van der Waals surface area contributed by atoms with Crippen LogP contribution in [-0.2, 0) is 6.61 Å². The Morgan fingerprint density at radius 3 is 2.57 bits per heavy atom. The molecule has 0 saturated carbocycles. The summed E-state index contributed by atoms with van der Waals surface area (Å²) in [5.74, 6) is 1.08. The van der Waals surface area contributed by atoms with Crippen LogP contribution in [0.15, 0.2) is 70.2 Å². The van der Waals surface area contributed by atoms with E-state index in [0.29, 0.717) is 17.9 Å². The van der Waals surface area contributed by atoms with Gasteiger partial charge >= 0.3 is 0 Å². The van der Waals surface area contributed by atoms with Gasteiger partial charge in [0.25, 0.3) is 5.91 Å². The van der Waals surface area contributed by atoms with Crippen molar-refractivity contribution in [3.05, 3.63) is 91.0 Å². The van der Waals surface area contributed by atoms with Crippen molar-refractivity contribution in [1.82, 2.24) is 5.43 Å². The number of ether oxygens (including phenoxy) is 2. The topological polar surface area (TPSA) is 59.9 Å². The minimum Gasteiger partial charge on any atom is -0.496 e. The van der Waals surface area contributed by atoms with Crippen molar-refractivity contribution in [3.63, 3.8) is 0 Å². The first-order valence-electron chi connectivity index (χ1n) is 9.11. The molecule has 3 aromatic carbocycles. The molecular formula is C23H20BrIN2O3. The molecule has 5 nitrogen and oxygen atoms in total. The fourth-order valence-corrected chi connectivity index (χ4v) is 3.66. The maximum atomic E-state index is 12.3. The number of carbonyl (C=O) groups excluding carboxylic acids is 1. The molecule has 0 heterocycles. The third kappa shape index (κ3) is 6.06. The van der Waals surface area contributed by atoms with E-state index >= 15 is 0 Å². The number of hydrazone groups is 1. The second kappa shape index (κ2) is 10.6. The minimum atomic E-state index is -0.307. The largest absolute Gasteiger partial charge is 0.496 e. The van der Waals surface area contributed by atoms with Crippen LogP contribution in [0.2, 0.25) is 0 Å². The Balaban J connectivity index is 1.58. The molecule has 0 spiro atoms. The SMILES string of the molecule is COc1cc(C(=O)N/N=C\c2ccc(OCc3ccc(C)cc3)c(Br)c2)ccc1I. The number of benzene rings is 3.